The van der Waals surface area contributed by atoms with Crippen molar-refractivity contribution in [3.63, 3.8) is 0 Å². The fraction of sp³-hybridized carbons (Fsp3) is 0.350. The van der Waals surface area contributed by atoms with Crippen molar-refractivity contribution in [3.8, 4) is 0 Å². The zero-order chi connectivity index (χ0) is 19.6. The Hall–Kier alpha value is -2.67. The van der Waals surface area contributed by atoms with Gasteiger partial charge < -0.3 is 5.32 Å². The molecule has 7 heteroatoms. The maximum absolute atomic E-state index is 13.0. The molecule has 4 amide bonds. The van der Waals surface area contributed by atoms with Gasteiger partial charge in [-0.3, -0.25) is 15.0 Å². The Morgan fingerprint density at radius 2 is 1.93 bits per heavy atom. The van der Waals surface area contributed by atoms with Crippen molar-refractivity contribution >= 4 is 29.2 Å². The van der Waals surface area contributed by atoms with E-state index >= 15 is 0 Å². The van der Waals surface area contributed by atoms with Gasteiger partial charge in [0.15, 0.2) is 0 Å². The van der Waals surface area contributed by atoms with Crippen LogP contribution in [0.5, 0.6) is 0 Å². The van der Waals surface area contributed by atoms with Crippen molar-refractivity contribution in [2.45, 2.75) is 45.6 Å². The van der Waals surface area contributed by atoms with E-state index in [0.717, 1.165) is 28.3 Å². The summed E-state index contributed by atoms with van der Waals surface area (Å²) in [5, 5.41) is 3.55. The predicted octanol–water partition coefficient (Wildman–Crippen LogP) is 3.51. The summed E-state index contributed by atoms with van der Waals surface area (Å²) in [4.78, 5) is 39.7. The Bertz CT molecular complexity index is 878. The summed E-state index contributed by atoms with van der Waals surface area (Å²) in [5.74, 6) is -0.925. The lowest BCUT2D eigenvalue weighted by Crippen LogP contribution is -2.48. The lowest BCUT2D eigenvalue weighted by molar-refractivity contribution is -0.133. The van der Waals surface area contributed by atoms with Crippen LogP contribution < -0.4 is 10.7 Å². The largest absolute Gasteiger partial charge is 0.344 e. The smallest absolute Gasteiger partial charge is 0.318 e. The molecule has 142 valence electrons. The number of hydrogen-bond acceptors (Lipinski definition) is 4. The van der Waals surface area contributed by atoms with E-state index in [1.54, 1.807) is 12.1 Å². The van der Waals surface area contributed by atoms with E-state index in [1.807, 2.05) is 38.1 Å². The van der Waals surface area contributed by atoms with Crippen molar-refractivity contribution in [1.82, 2.24) is 15.8 Å². The molecule has 2 aromatic rings. The molecule has 1 aromatic heterocycles. The van der Waals surface area contributed by atoms with Gasteiger partial charge >= 0.3 is 6.03 Å². The number of nitrogens with one attached hydrogen (secondary N) is 2. The first-order valence-electron chi connectivity index (χ1n) is 9.05. The minimum absolute atomic E-state index is 0.382. The molecular weight excluding hydrogens is 362 g/mol. The van der Waals surface area contributed by atoms with Crippen LogP contribution in [0.4, 0.5) is 4.79 Å². The number of urea groups is 1. The first-order chi connectivity index (χ1) is 12.9. The average Bonchev–Trinajstić information content (AvgIpc) is 3.15. The van der Waals surface area contributed by atoms with Gasteiger partial charge in [-0.05, 0) is 37.0 Å². The van der Waals surface area contributed by atoms with Gasteiger partial charge in [0, 0.05) is 4.88 Å². The molecule has 0 unspecified atom stereocenters. The maximum Gasteiger partial charge on any atom is 0.344 e. The molecule has 0 spiro atoms. The van der Waals surface area contributed by atoms with E-state index in [-0.39, 0.29) is 0 Å². The van der Waals surface area contributed by atoms with E-state index in [4.69, 9.17) is 0 Å². The number of thiophene rings is 1. The van der Waals surface area contributed by atoms with E-state index in [9.17, 15) is 14.4 Å². The second-order valence-electron chi connectivity index (χ2n) is 6.58. The second kappa shape index (κ2) is 7.52. The van der Waals surface area contributed by atoms with Crippen LogP contribution in [0.15, 0.2) is 36.4 Å². The molecule has 0 bridgehead atoms. The van der Waals surface area contributed by atoms with Crippen LogP contribution in [0.25, 0.3) is 0 Å². The first-order valence-corrected chi connectivity index (χ1v) is 9.87. The number of carbonyl (C=O) groups is 3. The number of amides is 4. The van der Waals surface area contributed by atoms with Crippen molar-refractivity contribution in [2.75, 3.05) is 0 Å². The Morgan fingerprint density at radius 3 is 2.56 bits per heavy atom. The van der Waals surface area contributed by atoms with Crippen molar-refractivity contribution in [2.24, 2.45) is 0 Å². The zero-order valence-corrected chi connectivity index (χ0v) is 16.5. The molecule has 6 nitrogen and oxygen atoms in total. The molecule has 1 saturated heterocycles. The van der Waals surface area contributed by atoms with Crippen LogP contribution in [-0.4, -0.2) is 22.9 Å². The number of hydrogen-bond donors (Lipinski definition) is 2. The van der Waals surface area contributed by atoms with Crippen LogP contribution in [0.1, 0.15) is 52.4 Å². The molecule has 1 aromatic carbocycles. The van der Waals surface area contributed by atoms with E-state index in [1.165, 1.54) is 11.3 Å². The van der Waals surface area contributed by atoms with Gasteiger partial charge in [-0.2, -0.15) is 5.01 Å². The number of aryl methyl sites for hydroxylation is 2. The highest BCUT2D eigenvalue weighted by Crippen LogP contribution is 2.32. The Labute approximate surface area is 162 Å². The van der Waals surface area contributed by atoms with Gasteiger partial charge in [0.25, 0.3) is 11.8 Å². The number of hydrazine groups is 1. The van der Waals surface area contributed by atoms with Gasteiger partial charge in [0.05, 0.1) is 4.88 Å². The first kappa shape index (κ1) is 19.1. The predicted molar refractivity (Wildman–Crippen MR) is 104 cm³/mol. The van der Waals surface area contributed by atoms with Crippen molar-refractivity contribution < 1.29 is 14.4 Å². The van der Waals surface area contributed by atoms with Gasteiger partial charge in [-0.1, -0.05) is 50.6 Å². The van der Waals surface area contributed by atoms with E-state index in [2.05, 4.69) is 17.7 Å². The molecule has 1 aliphatic rings. The molecule has 0 radical (unpaired) electrons. The fourth-order valence-corrected chi connectivity index (χ4v) is 4.31. The maximum atomic E-state index is 13.0. The molecule has 27 heavy (non-hydrogen) atoms. The highest BCUT2D eigenvalue weighted by atomic mass is 32.1. The van der Waals surface area contributed by atoms with E-state index < -0.39 is 23.4 Å². The summed E-state index contributed by atoms with van der Waals surface area (Å²) in [6, 6.07) is 10.3. The number of imide groups is 1. The summed E-state index contributed by atoms with van der Waals surface area (Å²) in [6.07, 6.45) is 2.26. The van der Waals surface area contributed by atoms with Crippen LogP contribution in [0.3, 0.4) is 0 Å². The molecule has 1 atom stereocenters. The van der Waals surface area contributed by atoms with Gasteiger partial charge in [-0.15, -0.1) is 11.3 Å². The SMILES string of the molecule is CCCc1cc(C(=O)NN2C(=O)N[C@](CC)(c3ccccc3)C2=O)sc1C. The number of rotatable bonds is 6. The summed E-state index contributed by atoms with van der Waals surface area (Å²) in [6.45, 7) is 5.88. The quantitative estimate of drug-likeness (QED) is 0.747. The second-order valence-corrected chi connectivity index (χ2v) is 7.83. The average molecular weight is 385 g/mol. The van der Waals surface area contributed by atoms with Crippen LogP contribution in [0.2, 0.25) is 0 Å². The normalized spacial score (nSPS) is 19.3. The third kappa shape index (κ3) is 3.35. The summed E-state index contributed by atoms with van der Waals surface area (Å²) >= 11 is 1.37. The highest BCUT2D eigenvalue weighted by molar-refractivity contribution is 7.14. The number of nitrogens with zero attached hydrogens (tertiary/aromatic N) is 1. The lowest BCUT2D eigenvalue weighted by Gasteiger charge is -2.25. The summed E-state index contributed by atoms with van der Waals surface area (Å²) < 4.78 is 0. The topological polar surface area (TPSA) is 78.5 Å². The van der Waals surface area contributed by atoms with Gasteiger partial charge in [0.1, 0.15) is 5.54 Å². The molecule has 1 aliphatic heterocycles. The zero-order valence-electron chi connectivity index (χ0n) is 15.7. The van der Waals surface area contributed by atoms with Crippen LogP contribution >= 0.6 is 11.3 Å². The Kier molecular flexibility index (Phi) is 5.32. The molecule has 1 fully saturated rings. The molecule has 2 N–H and O–H groups in total. The molecular formula is C20H23N3O3S. The third-order valence-electron chi connectivity index (χ3n) is 4.87. The van der Waals surface area contributed by atoms with Crippen molar-refractivity contribution in [3.05, 3.63) is 57.3 Å². The minimum Gasteiger partial charge on any atom is -0.318 e. The molecule has 2 heterocycles. The summed E-state index contributed by atoms with van der Waals surface area (Å²) in [5.41, 5.74) is 3.13. The lowest BCUT2D eigenvalue weighted by atomic mass is 9.87. The van der Waals surface area contributed by atoms with Gasteiger partial charge in [-0.25, -0.2) is 4.79 Å². The highest BCUT2D eigenvalue weighted by Gasteiger charge is 2.52. The standard InChI is InChI=1S/C20H23N3O3S/c1-4-9-14-12-16(27-13(14)3)17(24)22-23-18(25)20(5-2,21-19(23)26)15-10-7-6-8-11-15/h6-8,10-12H,4-5,9H2,1-3H3,(H,21,26)(H,22,24)/t20-/m1/s1. The fourth-order valence-electron chi connectivity index (χ4n) is 3.34. The van der Waals surface area contributed by atoms with Gasteiger partial charge in [0.2, 0.25) is 0 Å². The number of carbonyl (C=O) groups excluding carboxylic acids is 3. The summed E-state index contributed by atoms with van der Waals surface area (Å²) in [7, 11) is 0. The molecule has 0 saturated carbocycles. The molecule has 0 aliphatic carbocycles. The molecule has 3 rings (SSSR count). The van der Waals surface area contributed by atoms with E-state index in [0.29, 0.717) is 16.9 Å². The Balaban J connectivity index is 1.83. The number of benzene rings is 1. The van der Waals surface area contributed by atoms with Crippen LogP contribution in [-0.2, 0) is 16.8 Å². The third-order valence-corrected chi connectivity index (χ3v) is 5.96. The minimum atomic E-state index is -1.16. The van der Waals surface area contributed by atoms with Crippen molar-refractivity contribution in [1.29, 1.82) is 0 Å². The monoisotopic (exact) mass is 385 g/mol. The Morgan fingerprint density at radius 1 is 1.22 bits per heavy atom. The van der Waals surface area contributed by atoms with Crippen LogP contribution in [0, 0.1) is 6.92 Å².